The molecule has 2 aromatic heterocycles. The third-order valence-electron chi connectivity index (χ3n) is 4.39. The fourth-order valence-corrected chi connectivity index (χ4v) is 3.34. The number of nitrogens with one attached hydrogen (secondary N) is 1. The maximum absolute atomic E-state index is 12.7. The van der Waals surface area contributed by atoms with Crippen molar-refractivity contribution >= 4 is 22.5 Å². The van der Waals surface area contributed by atoms with E-state index in [4.69, 9.17) is 11.6 Å². The van der Waals surface area contributed by atoms with Gasteiger partial charge in [-0.15, -0.1) is 0 Å². The fraction of sp³-hybridized carbons (Fsp3) is 0.294. The molecule has 1 aliphatic heterocycles. The predicted molar refractivity (Wildman–Crippen MR) is 88.2 cm³/mol. The van der Waals surface area contributed by atoms with Crippen LogP contribution in [0.1, 0.15) is 22.6 Å². The van der Waals surface area contributed by atoms with Crippen LogP contribution in [0.2, 0.25) is 5.02 Å². The summed E-state index contributed by atoms with van der Waals surface area (Å²) in [7, 11) is 0. The Morgan fingerprint density at radius 3 is 2.92 bits per heavy atom. The standard InChI is InChI=1S/C17H14ClF3N4/c18-12-1-2-15-13(5-12)10(6-22-15)8-25-4-3-14-11(9-25)7-23-16(24-14)17(19,20)21/h1-2,5-7,22H,3-4,8-9H2. The van der Waals surface area contributed by atoms with Crippen LogP contribution in [0, 0.1) is 0 Å². The van der Waals surface area contributed by atoms with Gasteiger partial charge in [0.1, 0.15) is 0 Å². The molecular formula is C17H14ClF3N4. The first-order valence-corrected chi connectivity index (χ1v) is 8.18. The Labute approximate surface area is 146 Å². The number of halogens is 4. The van der Waals surface area contributed by atoms with Gasteiger partial charge in [0.2, 0.25) is 5.82 Å². The zero-order valence-corrected chi connectivity index (χ0v) is 13.8. The molecule has 3 heterocycles. The first-order valence-electron chi connectivity index (χ1n) is 7.80. The number of hydrogen-bond acceptors (Lipinski definition) is 3. The SMILES string of the molecule is FC(F)(F)c1ncc2c(n1)CCN(Cc1c[nH]c3ccc(Cl)cc13)C2. The van der Waals surface area contributed by atoms with E-state index in [0.717, 1.165) is 22.0 Å². The predicted octanol–water partition coefficient (Wildman–Crippen LogP) is 4.19. The number of hydrogen-bond donors (Lipinski definition) is 1. The minimum absolute atomic E-state index is 0.476. The molecule has 1 N–H and O–H groups in total. The summed E-state index contributed by atoms with van der Waals surface area (Å²) >= 11 is 6.07. The van der Waals surface area contributed by atoms with Crippen molar-refractivity contribution in [2.45, 2.75) is 25.7 Å². The van der Waals surface area contributed by atoms with E-state index in [0.29, 0.717) is 36.8 Å². The van der Waals surface area contributed by atoms with Crippen LogP contribution in [0.15, 0.2) is 30.6 Å². The largest absolute Gasteiger partial charge is 0.451 e. The molecule has 0 fully saturated rings. The van der Waals surface area contributed by atoms with E-state index in [9.17, 15) is 13.2 Å². The van der Waals surface area contributed by atoms with Gasteiger partial charge in [-0.2, -0.15) is 13.2 Å². The molecule has 0 amide bonds. The first-order chi connectivity index (χ1) is 11.9. The summed E-state index contributed by atoms with van der Waals surface area (Å²) in [5.74, 6) is -1.06. The number of alkyl halides is 3. The Morgan fingerprint density at radius 2 is 2.12 bits per heavy atom. The third-order valence-corrected chi connectivity index (χ3v) is 4.63. The highest BCUT2D eigenvalue weighted by Gasteiger charge is 2.35. The van der Waals surface area contributed by atoms with Crippen molar-refractivity contribution < 1.29 is 13.2 Å². The molecule has 0 saturated heterocycles. The number of H-pyrrole nitrogens is 1. The molecule has 0 atom stereocenters. The van der Waals surface area contributed by atoms with Crippen LogP contribution in [0.5, 0.6) is 0 Å². The minimum Gasteiger partial charge on any atom is -0.361 e. The van der Waals surface area contributed by atoms with E-state index in [1.165, 1.54) is 6.20 Å². The second-order valence-electron chi connectivity index (χ2n) is 6.13. The molecule has 3 aromatic rings. The van der Waals surface area contributed by atoms with Gasteiger partial charge in [0.15, 0.2) is 0 Å². The monoisotopic (exact) mass is 366 g/mol. The van der Waals surface area contributed by atoms with Gasteiger partial charge in [0, 0.05) is 59.9 Å². The molecular weight excluding hydrogens is 353 g/mol. The second-order valence-corrected chi connectivity index (χ2v) is 6.56. The van der Waals surface area contributed by atoms with Gasteiger partial charge in [-0.1, -0.05) is 11.6 Å². The molecule has 0 bridgehead atoms. The number of fused-ring (bicyclic) bond motifs is 2. The van der Waals surface area contributed by atoms with Crippen LogP contribution in [-0.4, -0.2) is 26.4 Å². The quantitative estimate of drug-likeness (QED) is 0.739. The number of rotatable bonds is 2. The Kier molecular flexibility index (Phi) is 3.92. The van der Waals surface area contributed by atoms with Crippen LogP contribution in [0.4, 0.5) is 13.2 Å². The highest BCUT2D eigenvalue weighted by atomic mass is 35.5. The molecule has 0 spiro atoms. The second kappa shape index (κ2) is 6.00. The summed E-state index contributed by atoms with van der Waals surface area (Å²) in [4.78, 5) is 12.5. The summed E-state index contributed by atoms with van der Waals surface area (Å²) in [5.41, 5.74) is 3.35. The van der Waals surface area contributed by atoms with Crippen molar-refractivity contribution in [2.75, 3.05) is 6.54 Å². The molecule has 4 nitrogen and oxygen atoms in total. The first kappa shape index (κ1) is 16.4. The normalized spacial score (nSPS) is 15.5. The molecule has 1 aliphatic rings. The van der Waals surface area contributed by atoms with E-state index in [2.05, 4.69) is 19.9 Å². The van der Waals surface area contributed by atoms with E-state index in [1.807, 2.05) is 24.4 Å². The van der Waals surface area contributed by atoms with E-state index >= 15 is 0 Å². The van der Waals surface area contributed by atoms with Crippen LogP contribution in [-0.2, 0) is 25.7 Å². The molecule has 0 saturated carbocycles. The van der Waals surface area contributed by atoms with Crippen molar-refractivity contribution in [2.24, 2.45) is 0 Å². The molecule has 0 radical (unpaired) electrons. The number of benzene rings is 1. The number of nitrogens with zero attached hydrogens (tertiary/aromatic N) is 3. The maximum atomic E-state index is 12.7. The average molecular weight is 367 g/mol. The average Bonchev–Trinajstić information content (AvgIpc) is 2.95. The van der Waals surface area contributed by atoms with E-state index in [-0.39, 0.29) is 0 Å². The van der Waals surface area contributed by atoms with Gasteiger partial charge >= 0.3 is 6.18 Å². The summed E-state index contributed by atoms with van der Waals surface area (Å²) in [6, 6.07) is 5.68. The molecule has 1 aromatic carbocycles. The molecule has 0 aliphatic carbocycles. The minimum atomic E-state index is -4.50. The highest BCUT2D eigenvalue weighted by molar-refractivity contribution is 6.31. The van der Waals surface area contributed by atoms with Gasteiger partial charge in [-0.3, -0.25) is 4.90 Å². The topological polar surface area (TPSA) is 44.8 Å². The molecule has 8 heteroatoms. The molecule has 0 unspecified atom stereocenters. The lowest BCUT2D eigenvalue weighted by Gasteiger charge is -2.28. The smallest absolute Gasteiger partial charge is 0.361 e. The van der Waals surface area contributed by atoms with Crippen molar-refractivity contribution in [3.05, 3.63) is 58.3 Å². The highest BCUT2D eigenvalue weighted by Crippen LogP contribution is 2.29. The lowest BCUT2D eigenvalue weighted by molar-refractivity contribution is -0.145. The summed E-state index contributed by atoms with van der Waals surface area (Å²) in [6.07, 6.45) is -0.789. The third kappa shape index (κ3) is 3.21. The van der Waals surface area contributed by atoms with Crippen molar-refractivity contribution in [3.8, 4) is 0 Å². The maximum Gasteiger partial charge on any atom is 0.451 e. The van der Waals surface area contributed by atoms with Gasteiger partial charge in [0.05, 0.1) is 5.69 Å². The zero-order chi connectivity index (χ0) is 17.6. The van der Waals surface area contributed by atoms with E-state index in [1.54, 1.807) is 0 Å². The number of aromatic amines is 1. The zero-order valence-electron chi connectivity index (χ0n) is 13.1. The lowest BCUT2D eigenvalue weighted by atomic mass is 10.1. The molecule has 130 valence electrons. The van der Waals surface area contributed by atoms with E-state index < -0.39 is 12.0 Å². The Morgan fingerprint density at radius 1 is 1.28 bits per heavy atom. The van der Waals surface area contributed by atoms with Crippen molar-refractivity contribution in [1.82, 2.24) is 19.9 Å². The van der Waals surface area contributed by atoms with Gasteiger partial charge < -0.3 is 4.98 Å². The fourth-order valence-electron chi connectivity index (χ4n) is 3.17. The molecule has 25 heavy (non-hydrogen) atoms. The van der Waals surface area contributed by atoms with Gasteiger partial charge in [-0.05, 0) is 23.8 Å². The summed E-state index contributed by atoms with van der Waals surface area (Å²) < 4.78 is 38.2. The van der Waals surface area contributed by atoms with Crippen molar-refractivity contribution in [3.63, 3.8) is 0 Å². The van der Waals surface area contributed by atoms with Crippen LogP contribution in [0.3, 0.4) is 0 Å². The van der Waals surface area contributed by atoms with Crippen molar-refractivity contribution in [1.29, 1.82) is 0 Å². The van der Waals surface area contributed by atoms with Crippen LogP contribution >= 0.6 is 11.6 Å². The Hall–Kier alpha value is -2.12. The molecule has 4 rings (SSSR count). The van der Waals surface area contributed by atoms with Gasteiger partial charge in [0.25, 0.3) is 0 Å². The lowest BCUT2D eigenvalue weighted by Crippen LogP contribution is -2.31. The number of aromatic nitrogens is 3. The van der Waals surface area contributed by atoms with Gasteiger partial charge in [-0.25, -0.2) is 9.97 Å². The van der Waals surface area contributed by atoms with Crippen LogP contribution < -0.4 is 0 Å². The van der Waals surface area contributed by atoms with Crippen LogP contribution in [0.25, 0.3) is 10.9 Å². The Bertz CT molecular complexity index is 935. The summed E-state index contributed by atoms with van der Waals surface area (Å²) in [6.45, 7) is 1.86. The summed E-state index contributed by atoms with van der Waals surface area (Å²) in [5, 5.41) is 1.73. The Balaban J connectivity index is 1.55.